The maximum atomic E-state index is 11.8. The van der Waals surface area contributed by atoms with Gasteiger partial charge in [0.25, 0.3) is 5.91 Å². The maximum Gasteiger partial charge on any atom is 0.254 e. The summed E-state index contributed by atoms with van der Waals surface area (Å²) in [6, 6.07) is 1.61. The van der Waals surface area contributed by atoms with Gasteiger partial charge in [0.2, 0.25) is 5.91 Å². The zero-order valence-electron chi connectivity index (χ0n) is 11.3. The van der Waals surface area contributed by atoms with Gasteiger partial charge in [-0.15, -0.1) is 0 Å². The molecule has 0 fully saturated rings. The van der Waals surface area contributed by atoms with E-state index < -0.39 is 5.91 Å². The van der Waals surface area contributed by atoms with Gasteiger partial charge in [-0.2, -0.15) is 0 Å². The Bertz CT molecular complexity index is 475. The molecule has 0 radical (unpaired) electrons. The van der Waals surface area contributed by atoms with Crippen molar-refractivity contribution in [1.82, 2.24) is 15.6 Å². The number of aryl methyl sites for hydroxylation is 1. The third-order valence-electron chi connectivity index (χ3n) is 2.35. The third-order valence-corrected chi connectivity index (χ3v) is 2.66. The minimum Gasteiger partial charge on any atom is -0.354 e. The highest BCUT2D eigenvalue weighted by molar-refractivity contribution is 6.33. The number of rotatable bonds is 5. The molecule has 104 valence electrons. The fourth-order valence-corrected chi connectivity index (χ4v) is 1.62. The van der Waals surface area contributed by atoms with Crippen LogP contribution in [0.4, 0.5) is 0 Å². The zero-order chi connectivity index (χ0) is 14.4. The Labute approximate surface area is 117 Å². The van der Waals surface area contributed by atoms with Crippen LogP contribution in [0.15, 0.2) is 12.3 Å². The number of hydrogen-bond donors (Lipinski definition) is 2. The molecule has 0 atom stereocenters. The largest absolute Gasteiger partial charge is 0.354 e. The lowest BCUT2D eigenvalue weighted by Crippen LogP contribution is -2.38. The summed E-state index contributed by atoms with van der Waals surface area (Å²) in [5.41, 5.74) is 1.00. The molecule has 0 unspecified atom stereocenters. The number of hydrogen-bond acceptors (Lipinski definition) is 3. The Morgan fingerprint density at radius 1 is 1.37 bits per heavy atom. The van der Waals surface area contributed by atoms with Gasteiger partial charge in [-0.05, 0) is 18.9 Å². The number of nitrogens with one attached hydrogen (secondary N) is 2. The van der Waals surface area contributed by atoms with Crippen LogP contribution in [0.5, 0.6) is 0 Å². The highest BCUT2D eigenvalue weighted by Gasteiger charge is 2.12. The minimum absolute atomic E-state index is 0.0737. The summed E-state index contributed by atoms with van der Waals surface area (Å²) in [5, 5.41) is 5.54. The third kappa shape index (κ3) is 5.26. The smallest absolute Gasteiger partial charge is 0.254 e. The predicted molar refractivity (Wildman–Crippen MR) is 74.2 cm³/mol. The molecule has 19 heavy (non-hydrogen) atoms. The molecule has 0 bridgehead atoms. The van der Waals surface area contributed by atoms with Crippen molar-refractivity contribution in [2.75, 3.05) is 13.1 Å². The van der Waals surface area contributed by atoms with Gasteiger partial charge in [-0.1, -0.05) is 25.4 Å². The molecular formula is C13H18ClN3O2. The quantitative estimate of drug-likeness (QED) is 0.861. The molecule has 0 aliphatic heterocycles. The molecule has 5 nitrogen and oxygen atoms in total. The molecule has 2 N–H and O–H groups in total. The van der Waals surface area contributed by atoms with E-state index in [1.807, 2.05) is 13.8 Å². The monoisotopic (exact) mass is 283 g/mol. The van der Waals surface area contributed by atoms with Crippen LogP contribution in [0, 0.1) is 12.8 Å². The highest BCUT2D eigenvalue weighted by atomic mass is 35.5. The molecule has 0 spiro atoms. The van der Waals surface area contributed by atoms with E-state index in [2.05, 4.69) is 15.6 Å². The van der Waals surface area contributed by atoms with Crippen LogP contribution < -0.4 is 10.6 Å². The molecular weight excluding hydrogens is 266 g/mol. The number of amides is 2. The number of carbonyl (C=O) groups is 2. The molecule has 0 aliphatic rings. The van der Waals surface area contributed by atoms with Crippen molar-refractivity contribution in [2.24, 2.45) is 5.92 Å². The molecule has 1 aromatic heterocycles. The molecule has 0 saturated heterocycles. The van der Waals surface area contributed by atoms with Crippen molar-refractivity contribution >= 4 is 23.4 Å². The van der Waals surface area contributed by atoms with E-state index in [1.165, 1.54) is 6.20 Å². The fraction of sp³-hybridized carbons (Fsp3) is 0.462. The van der Waals surface area contributed by atoms with Crippen molar-refractivity contribution in [3.63, 3.8) is 0 Å². The first-order valence-corrected chi connectivity index (χ1v) is 6.45. The number of pyridine rings is 1. The molecule has 6 heteroatoms. The first-order valence-electron chi connectivity index (χ1n) is 6.07. The summed E-state index contributed by atoms with van der Waals surface area (Å²) in [6.45, 7) is 6.29. The number of aromatic nitrogens is 1. The fourth-order valence-electron chi connectivity index (χ4n) is 1.33. The summed E-state index contributed by atoms with van der Waals surface area (Å²) in [7, 11) is 0. The maximum absolute atomic E-state index is 11.8. The van der Waals surface area contributed by atoms with Crippen molar-refractivity contribution < 1.29 is 9.59 Å². The topological polar surface area (TPSA) is 71.1 Å². The summed E-state index contributed by atoms with van der Waals surface area (Å²) < 4.78 is 0. The summed E-state index contributed by atoms with van der Waals surface area (Å²) in [4.78, 5) is 27.3. The van der Waals surface area contributed by atoms with E-state index in [0.29, 0.717) is 17.5 Å². The molecule has 0 aromatic carbocycles. The Kier molecular flexibility index (Phi) is 5.76. The average molecular weight is 284 g/mol. The van der Waals surface area contributed by atoms with Gasteiger partial charge in [0.05, 0.1) is 17.1 Å². The predicted octanol–water partition coefficient (Wildman–Crippen LogP) is 1.55. The molecule has 0 saturated carbocycles. The van der Waals surface area contributed by atoms with Crippen LogP contribution in [0.3, 0.4) is 0 Å². The van der Waals surface area contributed by atoms with Gasteiger partial charge in [-0.25, -0.2) is 0 Å². The van der Waals surface area contributed by atoms with Gasteiger partial charge in [0.15, 0.2) is 0 Å². The number of halogens is 1. The SMILES string of the molecule is Cc1cc(Cl)c(C(=O)NCC(=O)NCC(C)C)cn1. The zero-order valence-corrected chi connectivity index (χ0v) is 12.0. The van der Waals surface area contributed by atoms with Crippen LogP contribution in [-0.2, 0) is 4.79 Å². The van der Waals surface area contributed by atoms with Gasteiger partial charge in [0.1, 0.15) is 0 Å². The summed E-state index contributed by atoms with van der Waals surface area (Å²) in [6.07, 6.45) is 1.40. The van der Waals surface area contributed by atoms with Gasteiger partial charge >= 0.3 is 0 Å². The first kappa shape index (κ1) is 15.4. The van der Waals surface area contributed by atoms with Crippen LogP contribution in [0.25, 0.3) is 0 Å². The molecule has 0 aliphatic carbocycles. The second-order valence-electron chi connectivity index (χ2n) is 4.69. The minimum atomic E-state index is -0.405. The van der Waals surface area contributed by atoms with Crippen LogP contribution in [-0.4, -0.2) is 29.9 Å². The van der Waals surface area contributed by atoms with E-state index in [4.69, 9.17) is 11.6 Å². The standard InChI is InChI=1S/C13H18ClN3O2/c1-8(2)5-16-12(18)7-17-13(19)10-6-15-9(3)4-11(10)14/h4,6,8H,5,7H2,1-3H3,(H,16,18)(H,17,19). The second-order valence-corrected chi connectivity index (χ2v) is 5.09. The summed E-state index contributed by atoms with van der Waals surface area (Å²) in [5.74, 6) is -0.258. The van der Waals surface area contributed by atoms with Gasteiger partial charge in [0, 0.05) is 18.4 Å². The lowest BCUT2D eigenvalue weighted by atomic mass is 10.2. The van der Waals surface area contributed by atoms with Crippen molar-refractivity contribution in [2.45, 2.75) is 20.8 Å². The number of carbonyl (C=O) groups excluding carboxylic acids is 2. The molecule has 1 heterocycles. The Morgan fingerprint density at radius 2 is 2.05 bits per heavy atom. The van der Waals surface area contributed by atoms with Crippen LogP contribution in [0.2, 0.25) is 5.02 Å². The van der Waals surface area contributed by atoms with E-state index in [1.54, 1.807) is 13.0 Å². The molecule has 2 amide bonds. The van der Waals surface area contributed by atoms with Crippen molar-refractivity contribution in [3.8, 4) is 0 Å². The van der Waals surface area contributed by atoms with Crippen LogP contribution in [0.1, 0.15) is 29.9 Å². The lowest BCUT2D eigenvalue weighted by molar-refractivity contribution is -0.120. The van der Waals surface area contributed by atoms with E-state index in [0.717, 1.165) is 5.69 Å². The Hall–Kier alpha value is -1.62. The van der Waals surface area contributed by atoms with Crippen molar-refractivity contribution in [1.29, 1.82) is 0 Å². The van der Waals surface area contributed by atoms with Gasteiger partial charge < -0.3 is 10.6 Å². The normalized spacial score (nSPS) is 10.4. The van der Waals surface area contributed by atoms with E-state index >= 15 is 0 Å². The number of nitrogens with zero attached hydrogens (tertiary/aromatic N) is 1. The highest BCUT2D eigenvalue weighted by Crippen LogP contribution is 2.15. The Morgan fingerprint density at radius 3 is 2.63 bits per heavy atom. The molecule has 1 rings (SSSR count). The average Bonchev–Trinajstić information content (AvgIpc) is 2.33. The van der Waals surface area contributed by atoms with Crippen molar-refractivity contribution in [3.05, 3.63) is 28.5 Å². The lowest BCUT2D eigenvalue weighted by Gasteiger charge is -2.09. The molecule has 1 aromatic rings. The van der Waals surface area contributed by atoms with E-state index in [9.17, 15) is 9.59 Å². The van der Waals surface area contributed by atoms with Crippen LogP contribution >= 0.6 is 11.6 Å². The first-order chi connectivity index (χ1) is 8.90. The summed E-state index contributed by atoms with van der Waals surface area (Å²) >= 11 is 5.94. The van der Waals surface area contributed by atoms with Gasteiger partial charge in [-0.3, -0.25) is 14.6 Å². The second kappa shape index (κ2) is 7.09. The Balaban J connectivity index is 2.49. The van der Waals surface area contributed by atoms with E-state index in [-0.39, 0.29) is 18.0 Å².